The molecule has 0 aliphatic heterocycles. The first kappa shape index (κ1) is 15.3. The summed E-state index contributed by atoms with van der Waals surface area (Å²) in [6.07, 6.45) is 0.581. The lowest BCUT2D eigenvalue weighted by atomic mass is 10.1. The van der Waals surface area contributed by atoms with Gasteiger partial charge in [0.05, 0.1) is 19.0 Å². The molecule has 0 radical (unpaired) electrons. The summed E-state index contributed by atoms with van der Waals surface area (Å²) in [7, 11) is 3.38. The number of hydrogen-bond acceptors (Lipinski definition) is 4. The Morgan fingerprint density at radius 2 is 1.88 bits per heavy atom. The Bertz CT molecular complexity index is 200. The van der Waals surface area contributed by atoms with Gasteiger partial charge in [-0.1, -0.05) is 0 Å². The highest BCUT2D eigenvalue weighted by molar-refractivity contribution is 5.77. The lowest BCUT2D eigenvalue weighted by Crippen LogP contribution is -2.45. The predicted molar refractivity (Wildman–Crippen MR) is 65.9 cm³/mol. The van der Waals surface area contributed by atoms with Crippen LogP contribution >= 0.6 is 0 Å². The SMILES string of the molecule is COCCN(C(C)COC)C(C)CC(=N)N. The molecule has 0 bridgehead atoms. The van der Waals surface area contributed by atoms with Crippen LogP contribution in [-0.4, -0.2) is 56.8 Å². The third-order valence-corrected chi connectivity index (χ3v) is 2.61. The second-order valence-corrected chi connectivity index (χ2v) is 4.11. The van der Waals surface area contributed by atoms with Gasteiger partial charge in [0.25, 0.3) is 0 Å². The van der Waals surface area contributed by atoms with Gasteiger partial charge in [0.2, 0.25) is 0 Å². The Morgan fingerprint density at radius 3 is 2.31 bits per heavy atom. The molecule has 0 rings (SSSR count). The smallest absolute Gasteiger partial charge is 0.0920 e. The molecule has 5 nitrogen and oxygen atoms in total. The number of amidine groups is 1. The van der Waals surface area contributed by atoms with Crippen LogP contribution in [-0.2, 0) is 9.47 Å². The Labute approximate surface area is 98.4 Å². The lowest BCUT2D eigenvalue weighted by molar-refractivity contribution is 0.0535. The molecule has 0 aromatic rings. The molecule has 0 saturated carbocycles. The van der Waals surface area contributed by atoms with Crippen molar-refractivity contribution in [2.24, 2.45) is 5.73 Å². The van der Waals surface area contributed by atoms with Crippen LogP contribution in [0.3, 0.4) is 0 Å². The number of hydrogen-bond donors (Lipinski definition) is 2. The van der Waals surface area contributed by atoms with Crippen molar-refractivity contribution in [1.29, 1.82) is 5.41 Å². The minimum Gasteiger partial charge on any atom is -0.388 e. The highest BCUT2D eigenvalue weighted by Crippen LogP contribution is 2.09. The molecule has 3 N–H and O–H groups in total. The third kappa shape index (κ3) is 6.05. The quantitative estimate of drug-likeness (QED) is 0.452. The van der Waals surface area contributed by atoms with E-state index in [1.807, 2.05) is 0 Å². The largest absolute Gasteiger partial charge is 0.388 e. The van der Waals surface area contributed by atoms with Crippen molar-refractivity contribution in [2.45, 2.75) is 32.4 Å². The summed E-state index contributed by atoms with van der Waals surface area (Å²) in [5.41, 5.74) is 5.43. The topological polar surface area (TPSA) is 71.6 Å². The Balaban J connectivity index is 4.32. The standard InChI is InChI=1S/C11H25N3O2/c1-9(7-11(12)13)14(5-6-15-3)10(2)8-16-4/h9-10H,5-8H2,1-4H3,(H3,12,13). The maximum atomic E-state index is 7.33. The van der Waals surface area contributed by atoms with Gasteiger partial charge in [0.1, 0.15) is 0 Å². The normalized spacial score (nSPS) is 15.1. The van der Waals surface area contributed by atoms with E-state index in [0.29, 0.717) is 25.7 Å². The van der Waals surface area contributed by atoms with Crippen LogP contribution in [0.1, 0.15) is 20.3 Å². The molecule has 2 atom stereocenters. The molecule has 0 amide bonds. The molecule has 0 saturated heterocycles. The summed E-state index contributed by atoms with van der Waals surface area (Å²) >= 11 is 0. The fourth-order valence-corrected chi connectivity index (χ4v) is 1.84. The van der Waals surface area contributed by atoms with Gasteiger partial charge >= 0.3 is 0 Å². The van der Waals surface area contributed by atoms with Gasteiger partial charge in [-0.05, 0) is 13.8 Å². The molecule has 96 valence electrons. The van der Waals surface area contributed by atoms with E-state index in [4.69, 9.17) is 20.6 Å². The molecule has 0 aliphatic rings. The van der Waals surface area contributed by atoms with E-state index >= 15 is 0 Å². The summed E-state index contributed by atoms with van der Waals surface area (Å²) < 4.78 is 10.2. The van der Waals surface area contributed by atoms with E-state index < -0.39 is 0 Å². The Morgan fingerprint density at radius 1 is 1.25 bits per heavy atom. The number of ether oxygens (including phenoxy) is 2. The molecule has 0 spiro atoms. The minimum absolute atomic E-state index is 0.222. The lowest BCUT2D eigenvalue weighted by Gasteiger charge is -2.33. The molecule has 0 aromatic carbocycles. The van der Waals surface area contributed by atoms with Crippen molar-refractivity contribution in [3.05, 3.63) is 0 Å². The summed E-state index contributed by atoms with van der Waals surface area (Å²) in [6, 6.07) is 0.535. The monoisotopic (exact) mass is 231 g/mol. The van der Waals surface area contributed by atoms with E-state index in [1.54, 1.807) is 14.2 Å². The molecule has 5 heteroatoms. The Hall–Kier alpha value is -0.650. The molecule has 0 fully saturated rings. The maximum absolute atomic E-state index is 7.33. The number of nitrogens with one attached hydrogen (secondary N) is 1. The molecule has 0 aromatic heterocycles. The fourth-order valence-electron chi connectivity index (χ4n) is 1.84. The van der Waals surface area contributed by atoms with Gasteiger partial charge in [0, 0.05) is 39.3 Å². The second-order valence-electron chi connectivity index (χ2n) is 4.11. The number of nitrogens with two attached hydrogens (primary N) is 1. The van der Waals surface area contributed by atoms with Crippen molar-refractivity contribution in [3.8, 4) is 0 Å². The van der Waals surface area contributed by atoms with Gasteiger partial charge in [-0.15, -0.1) is 0 Å². The Kier molecular flexibility index (Phi) is 8.15. The zero-order chi connectivity index (χ0) is 12.6. The van der Waals surface area contributed by atoms with Gasteiger partial charge < -0.3 is 15.2 Å². The van der Waals surface area contributed by atoms with Crippen LogP contribution in [0.5, 0.6) is 0 Å². The van der Waals surface area contributed by atoms with Crippen molar-refractivity contribution in [3.63, 3.8) is 0 Å². The fraction of sp³-hybridized carbons (Fsp3) is 0.909. The van der Waals surface area contributed by atoms with Gasteiger partial charge in [-0.25, -0.2) is 0 Å². The first-order chi connectivity index (χ1) is 7.52. The highest BCUT2D eigenvalue weighted by atomic mass is 16.5. The van der Waals surface area contributed by atoms with E-state index in [9.17, 15) is 0 Å². The molecule has 16 heavy (non-hydrogen) atoms. The van der Waals surface area contributed by atoms with E-state index in [2.05, 4.69) is 18.7 Å². The van der Waals surface area contributed by atoms with Crippen LogP contribution in [0, 0.1) is 5.41 Å². The van der Waals surface area contributed by atoms with Crippen LogP contribution in [0.15, 0.2) is 0 Å². The van der Waals surface area contributed by atoms with Crippen LogP contribution < -0.4 is 5.73 Å². The van der Waals surface area contributed by atoms with Crippen molar-refractivity contribution in [2.75, 3.05) is 34.0 Å². The van der Waals surface area contributed by atoms with Crippen LogP contribution in [0.4, 0.5) is 0 Å². The van der Waals surface area contributed by atoms with E-state index in [1.165, 1.54) is 0 Å². The average Bonchev–Trinajstić information content (AvgIpc) is 2.17. The molecule has 0 heterocycles. The average molecular weight is 231 g/mol. The summed E-state index contributed by atoms with van der Waals surface area (Å²) in [5.74, 6) is 0.222. The van der Waals surface area contributed by atoms with E-state index in [-0.39, 0.29) is 11.9 Å². The maximum Gasteiger partial charge on any atom is 0.0920 e. The summed E-state index contributed by atoms with van der Waals surface area (Å²) in [4.78, 5) is 2.26. The van der Waals surface area contributed by atoms with E-state index in [0.717, 1.165) is 6.54 Å². The predicted octanol–water partition coefficient (Wildman–Crippen LogP) is 0.684. The zero-order valence-corrected chi connectivity index (χ0v) is 10.8. The molecule has 2 unspecified atom stereocenters. The van der Waals surface area contributed by atoms with Gasteiger partial charge in [0.15, 0.2) is 0 Å². The first-order valence-corrected chi connectivity index (χ1v) is 5.59. The van der Waals surface area contributed by atoms with Gasteiger partial charge in [-0.3, -0.25) is 10.3 Å². The highest BCUT2D eigenvalue weighted by Gasteiger charge is 2.20. The zero-order valence-electron chi connectivity index (χ0n) is 10.8. The van der Waals surface area contributed by atoms with Crippen LogP contribution in [0.25, 0.3) is 0 Å². The molecular weight excluding hydrogens is 206 g/mol. The molecule has 0 aliphatic carbocycles. The number of methoxy groups -OCH3 is 2. The third-order valence-electron chi connectivity index (χ3n) is 2.61. The molecular formula is C11H25N3O2. The number of rotatable bonds is 9. The summed E-state index contributed by atoms with van der Waals surface area (Å²) in [5, 5.41) is 7.33. The van der Waals surface area contributed by atoms with Crippen LogP contribution in [0.2, 0.25) is 0 Å². The van der Waals surface area contributed by atoms with Crippen molar-refractivity contribution in [1.82, 2.24) is 4.90 Å². The summed E-state index contributed by atoms with van der Waals surface area (Å²) in [6.45, 7) is 6.36. The van der Waals surface area contributed by atoms with Crippen molar-refractivity contribution >= 4 is 5.84 Å². The van der Waals surface area contributed by atoms with Crippen molar-refractivity contribution < 1.29 is 9.47 Å². The van der Waals surface area contributed by atoms with Gasteiger partial charge in [-0.2, -0.15) is 0 Å². The number of nitrogens with zero attached hydrogens (tertiary/aromatic N) is 1. The minimum atomic E-state index is 0.222. The first-order valence-electron chi connectivity index (χ1n) is 5.59. The second kappa shape index (κ2) is 8.50.